The number of rotatable bonds is 5. The van der Waals surface area contributed by atoms with Crippen LogP contribution in [0.15, 0.2) is 24.3 Å². The molecular formula is C15H20N2OS. The van der Waals surface area contributed by atoms with Gasteiger partial charge in [0.25, 0.3) is 0 Å². The summed E-state index contributed by atoms with van der Waals surface area (Å²) in [5.74, 6) is 1.44. The van der Waals surface area contributed by atoms with Gasteiger partial charge in [-0.25, -0.2) is 4.98 Å². The molecule has 3 nitrogen and oxygen atoms in total. The monoisotopic (exact) mass is 276 g/mol. The first-order valence-electron chi connectivity index (χ1n) is 6.47. The van der Waals surface area contributed by atoms with E-state index in [1.165, 1.54) is 4.88 Å². The number of ether oxygens (including phenoxy) is 1. The summed E-state index contributed by atoms with van der Waals surface area (Å²) in [6.07, 6.45) is 0.979. The third kappa shape index (κ3) is 3.33. The molecule has 2 aromatic rings. The Hall–Kier alpha value is -1.39. The number of aromatic nitrogens is 1. The summed E-state index contributed by atoms with van der Waals surface area (Å²) in [4.78, 5) is 5.94. The van der Waals surface area contributed by atoms with Crippen LogP contribution in [0.4, 0.5) is 0 Å². The molecule has 0 aliphatic heterocycles. The zero-order valence-corrected chi connectivity index (χ0v) is 12.5. The van der Waals surface area contributed by atoms with E-state index < -0.39 is 0 Å². The van der Waals surface area contributed by atoms with E-state index in [1.807, 2.05) is 18.2 Å². The van der Waals surface area contributed by atoms with Gasteiger partial charge in [0, 0.05) is 17.0 Å². The lowest BCUT2D eigenvalue weighted by molar-refractivity contribution is 0.415. The van der Waals surface area contributed by atoms with Crippen molar-refractivity contribution in [3.63, 3.8) is 0 Å². The van der Waals surface area contributed by atoms with Crippen molar-refractivity contribution in [1.29, 1.82) is 0 Å². The van der Waals surface area contributed by atoms with Crippen LogP contribution in [0.2, 0.25) is 0 Å². The fraction of sp³-hybridized carbons (Fsp3) is 0.400. The number of thiazole rings is 1. The minimum Gasteiger partial charge on any atom is -0.497 e. The van der Waals surface area contributed by atoms with Crippen LogP contribution in [0.3, 0.4) is 0 Å². The molecule has 4 heteroatoms. The molecule has 0 amide bonds. The molecule has 102 valence electrons. The van der Waals surface area contributed by atoms with Gasteiger partial charge < -0.3 is 10.5 Å². The summed E-state index contributed by atoms with van der Waals surface area (Å²) < 4.78 is 5.26. The van der Waals surface area contributed by atoms with E-state index in [2.05, 4.69) is 19.9 Å². The minimum absolute atomic E-state index is 0.559. The highest BCUT2D eigenvalue weighted by atomic mass is 32.1. The number of nitrogens with two attached hydrogens (primary N) is 1. The molecule has 19 heavy (non-hydrogen) atoms. The second kappa shape index (κ2) is 6.17. The third-order valence-corrected chi connectivity index (χ3v) is 4.05. The van der Waals surface area contributed by atoms with Crippen LogP contribution in [-0.2, 0) is 13.0 Å². The van der Waals surface area contributed by atoms with E-state index in [-0.39, 0.29) is 0 Å². The van der Waals surface area contributed by atoms with Gasteiger partial charge in [-0.1, -0.05) is 26.0 Å². The van der Waals surface area contributed by atoms with Crippen LogP contribution < -0.4 is 10.5 Å². The molecule has 1 heterocycles. The van der Waals surface area contributed by atoms with Crippen molar-refractivity contribution in [2.24, 2.45) is 11.7 Å². The van der Waals surface area contributed by atoms with Crippen LogP contribution >= 0.6 is 11.3 Å². The summed E-state index contributed by atoms with van der Waals surface area (Å²) in [5, 5.41) is 1.02. The Morgan fingerprint density at radius 1 is 1.37 bits per heavy atom. The first kappa shape index (κ1) is 14.0. The number of hydrogen-bond acceptors (Lipinski definition) is 4. The van der Waals surface area contributed by atoms with Gasteiger partial charge in [0.05, 0.1) is 12.8 Å². The molecule has 0 atom stereocenters. The van der Waals surface area contributed by atoms with Gasteiger partial charge in [-0.05, 0) is 24.5 Å². The number of hydrogen-bond donors (Lipinski definition) is 1. The standard InChI is InChI=1S/C15H20N2OS/c1-10(2)7-13-14(9-16)19-15(17-13)11-5-4-6-12(8-11)18-3/h4-6,8,10H,7,9,16H2,1-3H3. The lowest BCUT2D eigenvalue weighted by atomic mass is 10.1. The topological polar surface area (TPSA) is 48.1 Å². The number of methoxy groups -OCH3 is 1. The van der Waals surface area contributed by atoms with Crippen molar-refractivity contribution < 1.29 is 4.74 Å². The maximum atomic E-state index is 5.82. The minimum atomic E-state index is 0.559. The fourth-order valence-corrected chi connectivity index (χ4v) is 2.93. The van der Waals surface area contributed by atoms with Gasteiger partial charge in [0.1, 0.15) is 10.8 Å². The number of nitrogens with zero attached hydrogens (tertiary/aromatic N) is 1. The van der Waals surface area contributed by atoms with Crippen LogP contribution in [0.25, 0.3) is 10.6 Å². The molecule has 0 aliphatic rings. The van der Waals surface area contributed by atoms with Gasteiger partial charge in [-0.15, -0.1) is 11.3 Å². The first-order chi connectivity index (χ1) is 9.13. The lowest BCUT2D eigenvalue weighted by Gasteiger charge is -2.02. The summed E-state index contributed by atoms with van der Waals surface area (Å²) in [6.45, 7) is 4.96. The quantitative estimate of drug-likeness (QED) is 0.909. The first-order valence-corrected chi connectivity index (χ1v) is 7.28. The van der Waals surface area contributed by atoms with Crippen molar-refractivity contribution >= 4 is 11.3 Å². The molecule has 2 N–H and O–H groups in total. The van der Waals surface area contributed by atoms with Crippen molar-refractivity contribution in [2.75, 3.05) is 7.11 Å². The van der Waals surface area contributed by atoms with Gasteiger partial charge in [-0.2, -0.15) is 0 Å². The number of benzene rings is 1. The average Bonchev–Trinajstić information content (AvgIpc) is 2.81. The van der Waals surface area contributed by atoms with Gasteiger partial charge in [-0.3, -0.25) is 0 Å². The van der Waals surface area contributed by atoms with Crippen molar-refractivity contribution in [1.82, 2.24) is 4.98 Å². The molecule has 1 aromatic carbocycles. The van der Waals surface area contributed by atoms with Crippen LogP contribution in [0.5, 0.6) is 5.75 Å². The summed E-state index contributed by atoms with van der Waals surface area (Å²) in [6, 6.07) is 7.99. The Bertz CT molecular complexity index is 549. The molecular weight excluding hydrogens is 256 g/mol. The van der Waals surface area contributed by atoms with Crippen LogP contribution in [0.1, 0.15) is 24.4 Å². The van der Waals surface area contributed by atoms with E-state index in [4.69, 9.17) is 15.5 Å². The maximum absolute atomic E-state index is 5.82. The van der Waals surface area contributed by atoms with Gasteiger partial charge >= 0.3 is 0 Å². The van der Waals surface area contributed by atoms with Crippen molar-refractivity contribution in [2.45, 2.75) is 26.8 Å². The van der Waals surface area contributed by atoms with Crippen molar-refractivity contribution in [3.8, 4) is 16.3 Å². The van der Waals surface area contributed by atoms with Gasteiger partial charge in [0.2, 0.25) is 0 Å². The predicted octanol–water partition coefficient (Wildman–Crippen LogP) is 3.48. The van der Waals surface area contributed by atoms with E-state index in [9.17, 15) is 0 Å². The van der Waals surface area contributed by atoms with Gasteiger partial charge in [0.15, 0.2) is 0 Å². The Morgan fingerprint density at radius 2 is 2.16 bits per heavy atom. The molecule has 0 saturated heterocycles. The van der Waals surface area contributed by atoms with E-state index in [0.717, 1.165) is 28.4 Å². The van der Waals surface area contributed by atoms with Crippen molar-refractivity contribution in [3.05, 3.63) is 34.8 Å². The largest absolute Gasteiger partial charge is 0.497 e. The highest BCUT2D eigenvalue weighted by molar-refractivity contribution is 7.15. The smallest absolute Gasteiger partial charge is 0.124 e. The summed E-state index contributed by atoms with van der Waals surface area (Å²) in [7, 11) is 1.68. The average molecular weight is 276 g/mol. The highest BCUT2D eigenvalue weighted by Crippen LogP contribution is 2.31. The van der Waals surface area contributed by atoms with E-state index in [1.54, 1.807) is 18.4 Å². The Morgan fingerprint density at radius 3 is 2.79 bits per heavy atom. The molecule has 2 rings (SSSR count). The molecule has 0 bridgehead atoms. The maximum Gasteiger partial charge on any atom is 0.124 e. The molecule has 0 saturated carbocycles. The second-order valence-electron chi connectivity index (χ2n) is 4.92. The summed E-state index contributed by atoms with van der Waals surface area (Å²) >= 11 is 1.68. The SMILES string of the molecule is COc1cccc(-c2nc(CC(C)C)c(CN)s2)c1. The van der Waals surface area contributed by atoms with Crippen LogP contribution in [-0.4, -0.2) is 12.1 Å². The predicted molar refractivity (Wildman–Crippen MR) is 80.5 cm³/mol. The Kier molecular flexibility index (Phi) is 4.56. The zero-order chi connectivity index (χ0) is 13.8. The lowest BCUT2D eigenvalue weighted by Crippen LogP contribution is -2.01. The molecule has 0 radical (unpaired) electrons. The normalized spacial score (nSPS) is 11.0. The zero-order valence-electron chi connectivity index (χ0n) is 11.6. The molecule has 0 spiro atoms. The third-order valence-electron chi connectivity index (χ3n) is 2.88. The van der Waals surface area contributed by atoms with Crippen LogP contribution in [0, 0.1) is 5.92 Å². The Balaban J connectivity index is 2.36. The van der Waals surface area contributed by atoms with E-state index >= 15 is 0 Å². The summed E-state index contributed by atoms with van der Waals surface area (Å²) in [5.41, 5.74) is 8.05. The molecule has 1 aromatic heterocycles. The van der Waals surface area contributed by atoms with E-state index in [0.29, 0.717) is 12.5 Å². The fourth-order valence-electron chi connectivity index (χ4n) is 1.97. The molecule has 0 unspecified atom stereocenters. The Labute approximate surface area is 118 Å². The second-order valence-corrected chi connectivity index (χ2v) is 6.01. The highest BCUT2D eigenvalue weighted by Gasteiger charge is 2.13. The molecule has 0 fully saturated rings. The molecule has 0 aliphatic carbocycles.